The maximum absolute atomic E-state index is 2.36. The summed E-state index contributed by atoms with van der Waals surface area (Å²) >= 11 is 0. The molecule has 13 heavy (non-hydrogen) atoms. The molecule has 0 radical (unpaired) electrons. The van der Waals surface area contributed by atoms with Gasteiger partial charge in [0, 0.05) is 0 Å². The first-order valence-electron chi connectivity index (χ1n) is 5.09. The van der Waals surface area contributed by atoms with Crippen molar-refractivity contribution in [2.75, 3.05) is 0 Å². The summed E-state index contributed by atoms with van der Waals surface area (Å²) in [6.45, 7) is 4.58. The lowest BCUT2D eigenvalue weighted by Crippen LogP contribution is -1.96. The van der Waals surface area contributed by atoms with Crippen LogP contribution < -0.4 is 0 Å². The van der Waals surface area contributed by atoms with Gasteiger partial charge in [-0.25, -0.2) is 0 Å². The van der Waals surface area contributed by atoms with E-state index in [0.717, 1.165) is 5.92 Å². The highest BCUT2D eigenvalue weighted by Gasteiger charge is 2.15. The molecule has 0 amide bonds. The Morgan fingerprint density at radius 3 is 2.77 bits per heavy atom. The van der Waals surface area contributed by atoms with Crippen LogP contribution in [0.2, 0.25) is 0 Å². The SMILES string of the molecule is CCC(C)C1=Cc2ccccc2C1. The summed E-state index contributed by atoms with van der Waals surface area (Å²) in [5, 5.41) is 0. The van der Waals surface area contributed by atoms with Gasteiger partial charge in [-0.3, -0.25) is 0 Å². The van der Waals surface area contributed by atoms with Crippen molar-refractivity contribution in [1.82, 2.24) is 0 Å². The first-order chi connectivity index (χ1) is 6.31. The molecule has 0 saturated heterocycles. The summed E-state index contributed by atoms with van der Waals surface area (Å²) in [5.41, 5.74) is 4.53. The minimum Gasteiger partial charge on any atom is -0.0648 e. The Morgan fingerprint density at radius 2 is 2.08 bits per heavy atom. The molecular formula is C13H16. The smallest absolute Gasteiger partial charge is 0.00552 e. The lowest BCUT2D eigenvalue weighted by molar-refractivity contribution is 0.647. The van der Waals surface area contributed by atoms with Crippen LogP contribution in [-0.4, -0.2) is 0 Å². The van der Waals surface area contributed by atoms with Crippen molar-refractivity contribution in [2.24, 2.45) is 5.92 Å². The predicted octanol–water partition coefficient (Wildman–Crippen LogP) is 3.67. The van der Waals surface area contributed by atoms with Crippen molar-refractivity contribution in [3.8, 4) is 0 Å². The zero-order valence-corrected chi connectivity index (χ0v) is 8.38. The van der Waals surface area contributed by atoms with E-state index in [0.29, 0.717) is 0 Å². The molecule has 0 nitrogen and oxygen atoms in total. The third-order valence-corrected chi connectivity index (χ3v) is 3.04. The quantitative estimate of drug-likeness (QED) is 0.638. The zero-order chi connectivity index (χ0) is 9.26. The molecule has 0 saturated carbocycles. The molecule has 1 unspecified atom stereocenters. The summed E-state index contributed by atoms with van der Waals surface area (Å²) in [6, 6.07) is 8.70. The van der Waals surface area contributed by atoms with E-state index in [4.69, 9.17) is 0 Å². The minimum absolute atomic E-state index is 0.743. The normalized spacial score (nSPS) is 16.6. The Kier molecular flexibility index (Phi) is 2.22. The molecule has 0 N–H and O–H groups in total. The second-order valence-corrected chi connectivity index (χ2v) is 3.90. The maximum Gasteiger partial charge on any atom is -0.00552 e. The molecule has 0 aliphatic heterocycles. The first kappa shape index (κ1) is 8.55. The Balaban J connectivity index is 2.26. The molecule has 0 aromatic heterocycles. The van der Waals surface area contributed by atoms with Crippen LogP contribution in [0.25, 0.3) is 6.08 Å². The van der Waals surface area contributed by atoms with Gasteiger partial charge in [-0.15, -0.1) is 0 Å². The number of benzene rings is 1. The molecule has 1 aromatic rings. The second-order valence-electron chi connectivity index (χ2n) is 3.90. The molecule has 1 aliphatic carbocycles. The van der Waals surface area contributed by atoms with Gasteiger partial charge in [-0.05, 0) is 29.9 Å². The number of hydrogen-bond donors (Lipinski definition) is 0. The maximum atomic E-state index is 2.36. The third kappa shape index (κ3) is 1.53. The fourth-order valence-corrected chi connectivity index (χ4v) is 1.89. The van der Waals surface area contributed by atoms with E-state index < -0.39 is 0 Å². The molecule has 68 valence electrons. The van der Waals surface area contributed by atoms with Gasteiger partial charge in [0.1, 0.15) is 0 Å². The van der Waals surface area contributed by atoms with Crippen molar-refractivity contribution in [1.29, 1.82) is 0 Å². The van der Waals surface area contributed by atoms with Gasteiger partial charge in [-0.2, -0.15) is 0 Å². The van der Waals surface area contributed by atoms with Crippen molar-refractivity contribution >= 4 is 6.08 Å². The molecule has 1 atom stereocenters. The number of allylic oxidation sites excluding steroid dienone is 1. The van der Waals surface area contributed by atoms with Gasteiger partial charge in [0.25, 0.3) is 0 Å². The van der Waals surface area contributed by atoms with Gasteiger partial charge >= 0.3 is 0 Å². The Morgan fingerprint density at radius 1 is 1.31 bits per heavy atom. The molecule has 0 heterocycles. The summed E-state index contributed by atoms with van der Waals surface area (Å²) < 4.78 is 0. The van der Waals surface area contributed by atoms with Crippen LogP contribution in [0.4, 0.5) is 0 Å². The molecule has 1 aromatic carbocycles. The fraction of sp³-hybridized carbons (Fsp3) is 0.385. The van der Waals surface area contributed by atoms with Crippen LogP contribution >= 0.6 is 0 Å². The third-order valence-electron chi connectivity index (χ3n) is 3.04. The summed E-state index contributed by atoms with van der Waals surface area (Å²) in [7, 11) is 0. The minimum atomic E-state index is 0.743. The van der Waals surface area contributed by atoms with Crippen LogP contribution in [0.15, 0.2) is 29.8 Å². The lowest BCUT2D eigenvalue weighted by atomic mass is 9.97. The largest absolute Gasteiger partial charge is 0.0648 e. The van der Waals surface area contributed by atoms with Crippen LogP contribution in [-0.2, 0) is 6.42 Å². The van der Waals surface area contributed by atoms with E-state index in [1.165, 1.54) is 24.0 Å². The van der Waals surface area contributed by atoms with Gasteiger partial charge in [-0.1, -0.05) is 49.8 Å². The standard InChI is InChI=1S/C13H16/c1-3-10(2)13-8-11-6-4-5-7-12(11)9-13/h4-8,10H,3,9H2,1-2H3. The van der Waals surface area contributed by atoms with E-state index >= 15 is 0 Å². The molecule has 0 heteroatoms. The average molecular weight is 172 g/mol. The van der Waals surface area contributed by atoms with E-state index in [1.54, 1.807) is 5.57 Å². The fourth-order valence-electron chi connectivity index (χ4n) is 1.89. The highest BCUT2D eigenvalue weighted by atomic mass is 14.2. The van der Waals surface area contributed by atoms with Crippen molar-refractivity contribution < 1.29 is 0 Å². The van der Waals surface area contributed by atoms with E-state index in [-0.39, 0.29) is 0 Å². The van der Waals surface area contributed by atoms with E-state index in [9.17, 15) is 0 Å². The molecule has 1 aliphatic rings. The monoisotopic (exact) mass is 172 g/mol. The van der Waals surface area contributed by atoms with Crippen molar-refractivity contribution in [3.05, 3.63) is 41.0 Å². The van der Waals surface area contributed by atoms with Gasteiger partial charge < -0.3 is 0 Å². The summed E-state index contributed by atoms with van der Waals surface area (Å²) in [5.74, 6) is 0.743. The zero-order valence-electron chi connectivity index (χ0n) is 8.38. The molecule has 0 fully saturated rings. The lowest BCUT2D eigenvalue weighted by Gasteiger charge is -2.08. The summed E-state index contributed by atoms with van der Waals surface area (Å²) in [6.07, 6.45) is 4.79. The Hall–Kier alpha value is -1.04. The highest BCUT2D eigenvalue weighted by Crippen LogP contribution is 2.30. The van der Waals surface area contributed by atoms with E-state index in [1.807, 2.05) is 0 Å². The molecule has 2 rings (SSSR count). The Labute approximate surface area is 80.3 Å². The second kappa shape index (κ2) is 3.37. The molecular weight excluding hydrogens is 156 g/mol. The van der Waals surface area contributed by atoms with Gasteiger partial charge in [0.2, 0.25) is 0 Å². The number of hydrogen-bond acceptors (Lipinski definition) is 0. The predicted molar refractivity (Wildman–Crippen MR) is 57.6 cm³/mol. The topological polar surface area (TPSA) is 0 Å². The summed E-state index contributed by atoms with van der Waals surface area (Å²) in [4.78, 5) is 0. The molecule has 0 spiro atoms. The number of fused-ring (bicyclic) bond motifs is 1. The van der Waals surface area contributed by atoms with Crippen LogP contribution in [0, 0.1) is 5.92 Å². The van der Waals surface area contributed by atoms with Gasteiger partial charge in [0.05, 0.1) is 0 Å². The van der Waals surface area contributed by atoms with Crippen LogP contribution in [0.5, 0.6) is 0 Å². The first-order valence-corrected chi connectivity index (χ1v) is 5.09. The van der Waals surface area contributed by atoms with Crippen molar-refractivity contribution in [3.63, 3.8) is 0 Å². The van der Waals surface area contributed by atoms with E-state index in [2.05, 4.69) is 44.2 Å². The van der Waals surface area contributed by atoms with Gasteiger partial charge in [0.15, 0.2) is 0 Å². The van der Waals surface area contributed by atoms with Crippen LogP contribution in [0.3, 0.4) is 0 Å². The van der Waals surface area contributed by atoms with Crippen LogP contribution in [0.1, 0.15) is 31.4 Å². The Bertz CT molecular complexity index is 334. The highest BCUT2D eigenvalue weighted by molar-refractivity contribution is 5.63. The molecule has 0 bridgehead atoms. The van der Waals surface area contributed by atoms with Crippen molar-refractivity contribution in [2.45, 2.75) is 26.7 Å². The number of rotatable bonds is 2. The average Bonchev–Trinajstić information content (AvgIpc) is 2.59.